The van der Waals surface area contributed by atoms with E-state index in [9.17, 15) is 24.9 Å². The number of carbonyl (C=O) groups is 2. The molecule has 0 radical (unpaired) electrons. The predicted octanol–water partition coefficient (Wildman–Crippen LogP) is 0.143. The van der Waals surface area contributed by atoms with Gasteiger partial charge < -0.3 is 24.8 Å². The molecule has 2 aromatic rings. The maximum absolute atomic E-state index is 13.0. The van der Waals surface area contributed by atoms with Gasteiger partial charge in [0.25, 0.3) is 5.91 Å². The van der Waals surface area contributed by atoms with Crippen LogP contribution in [0.15, 0.2) is 52.6 Å². The largest absolute Gasteiger partial charge is 0.508 e. The fourth-order valence-corrected chi connectivity index (χ4v) is 3.82. The smallest absolute Gasteiger partial charge is 0.414 e. The molecule has 2 aliphatic heterocycles. The van der Waals surface area contributed by atoms with Crippen LogP contribution in [0.1, 0.15) is 5.56 Å². The van der Waals surface area contributed by atoms with Crippen molar-refractivity contribution >= 4 is 29.9 Å². The number of urea groups is 1. The molecule has 2 aromatic carbocycles. The molecule has 194 valence electrons. The standard InChI is InChI=1S/C24H26N6O7/c1-28-21-20(22(34)29(2)24(28)35)30(12-16(32)13-37-18-8-6-17(36-3)7-9-18)23(26-21)27-25-11-14-4-5-15(31)10-19(14)33/h4-11,16,20,32H,12-13H2,1-3H3,(H2,25,31,33)/p+1. The molecule has 4 rings (SSSR count). The van der Waals surface area contributed by atoms with Gasteiger partial charge in [-0.25, -0.2) is 9.37 Å². The molecule has 2 atom stereocenters. The number of phenols is 2. The number of rotatable bonds is 8. The van der Waals surface area contributed by atoms with E-state index >= 15 is 0 Å². The third kappa shape index (κ3) is 5.30. The first-order chi connectivity index (χ1) is 17.7. The summed E-state index contributed by atoms with van der Waals surface area (Å²) in [7, 11) is 4.43. The van der Waals surface area contributed by atoms with Crippen molar-refractivity contribution in [3.8, 4) is 23.0 Å². The van der Waals surface area contributed by atoms with Crippen molar-refractivity contribution < 1.29 is 39.0 Å². The molecular weight excluding hydrogens is 484 g/mol. The zero-order chi connectivity index (χ0) is 26.7. The normalized spacial score (nSPS) is 18.3. The Hall–Kier alpha value is -4.65. The Kier molecular flexibility index (Phi) is 7.25. The molecule has 2 aliphatic rings. The Morgan fingerprint density at radius 1 is 1.14 bits per heavy atom. The number of amides is 3. The van der Waals surface area contributed by atoms with E-state index < -0.39 is 24.1 Å². The van der Waals surface area contributed by atoms with Crippen LogP contribution in [0.4, 0.5) is 4.79 Å². The molecule has 2 heterocycles. The molecule has 2 unspecified atom stereocenters. The summed E-state index contributed by atoms with van der Waals surface area (Å²) in [5.41, 5.74) is 3.03. The number of nitrogens with one attached hydrogen (secondary N) is 1. The molecule has 1 fully saturated rings. The van der Waals surface area contributed by atoms with E-state index in [4.69, 9.17) is 9.47 Å². The Bertz CT molecular complexity index is 1290. The monoisotopic (exact) mass is 511 g/mol. The fourth-order valence-electron chi connectivity index (χ4n) is 3.82. The predicted molar refractivity (Wildman–Crippen MR) is 132 cm³/mol. The minimum absolute atomic E-state index is 0.0717. The summed E-state index contributed by atoms with van der Waals surface area (Å²) in [5.74, 6) is 0.685. The number of aliphatic imine (C=N–C) groups is 1. The van der Waals surface area contributed by atoms with E-state index in [0.717, 1.165) is 4.90 Å². The van der Waals surface area contributed by atoms with E-state index in [1.807, 2.05) is 0 Å². The first kappa shape index (κ1) is 25.4. The van der Waals surface area contributed by atoms with E-state index in [1.54, 1.807) is 31.4 Å². The number of hydrogen-bond acceptors (Lipinski definition) is 10. The van der Waals surface area contributed by atoms with Crippen molar-refractivity contribution in [2.45, 2.75) is 12.1 Å². The van der Waals surface area contributed by atoms with Gasteiger partial charge in [-0.2, -0.15) is 5.43 Å². The number of hydrogen-bond donors (Lipinski definition) is 4. The Labute approximate surface area is 212 Å². The molecule has 13 heteroatoms. The number of benzene rings is 2. The van der Waals surface area contributed by atoms with Crippen LogP contribution in [0.2, 0.25) is 0 Å². The lowest BCUT2D eigenvalue weighted by Gasteiger charge is -2.32. The number of nitrogens with zero attached hydrogens (tertiary/aromatic N) is 5. The second-order valence-electron chi connectivity index (χ2n) is 8.34. The summed E-state index contributed by atoms with van der Waals surface area (Å²) in [4.78, 5) is 32.1. The Morgan fingerprint density at radius 3 is 2.51 bits per heavy atom. The van der Waals surface area contributed by atoms with Gasteiger partial charge in [0.05, 0.1) is 19.9 Å². The number of amidine groups is 1. The van der Waals surface area contributed by atoms with Gasteiger partial charge in [0.2, 0.25) is 11.9 Å². The summed E-state index contributed by atoms with van der Waals surface area (Å²) in [5, 5.41) is 34.2. The number of imide groups is 1. The lowest BCUT2D eigenvalue weighted by Crippen LogP contribution is -2.62. The van der Waals surface area contributed by atoms with Gasteiger partial charge in [-0.05, 0) is 36.4 Å². The number of aromatic hydroxyl groups is 2. The number of methoxy groups -OCH3 is 1. The zero-order valence-corrected chi connectivity index (χ0v) is 20.4. The minimum atomic E-state index is -1.04. The number of guanidine groups is 1. The zero-order valence-electron chi connectivity index (χ0n) is 20.4. The molecule has 13 nitrogen and oxygen atoms in total. The topological polar surface area (TPSA) is 160 Å². The van der Waals surface area contributed by atoms with E-state index in [1.165, 1.54) is 48.0 Å². The molecule has 0 spiro atoms. The lowest BCUT2D eigenvalue weighted by atomic mass is 10.1. The highest BCUT2D eigenvalue weighted by atomic mass is 16.5. The van der Waals surface area contributed by atoms with Crippen LogP contribution in [-0.2, 0) is 4.79 Å². The maximum atomic E-state index is 13.0. The van der Waals surface area contributed by atoms with Crippen molar-refractivity contribution in [2.75, 3.05) is 34.4 Å². The average molecular weight is 512 g/mol. The van der Waals surface area contributed by atoms with Gasteiger partial charge in [-0.15, -0.1) is 5.10 Å². The molecular formula is C24H27N6O7+. The number of carbonyl (C=O) groups excluding carboxylic acids is 2. The van der Waals surface area contributed by atoms with Gasteiger partial charge >= 0.3 is 12.0 Å². The highest BCUT2D eigenvalue weighted by Gasteiger charge is 2.51. The Balaban J connectivity index is 1.55. The third-order valence-electron chi connectivity index (χ3n) is 5.82. The number of β-amino-alcohol motifs (C(OH)–C–C–N with tert-alkyl or cyclic N) is 1. The number of ether oxygens (including phenoxy) is 2. The highest BCUT2D eigenvalue weighted by molar-refractivity contribution is 6.22. The van der Waals surface area contributed by atoms with Crippen LogP contribution < -0.4 is 14.9 Å². The second kappa shape index (κ2) is 10.5. The van der Waals surface area contributed by atoms with Crippen molar-refractivity contribution in [2.24, 2.45) is 10.1 Å². The van der Waals surface area contributed by atoms with Crippen LogP contribution >= 0.6 is 0 Å². The van der Waals surface area contributed by atoms with Crippen molar-refractivity contribution in [3.63, 3.8) is 0 Å². The quantitative estimate of drug-likeness (QED) is 0.221. The summed E-state index contributed by atoms with van der Waals surface area (Å²) in [6, 6.07) is 9.37. The molecule has 3 amide bonds. The first-order valence-corrected chi connectivity index (χ1v) is 11.2. The van der Waals surface area contributed by atoms with Crippen LogP contribution in [0.3, 0.4) is 0 Å². The van der Waals surface area contributed by atoms with Crippen molar-refractivity contribution in [1.29, 1.82) is 0 Å². The van der Waals surface area contributed by atoms with E-state index in [0.29, 0.717) is 17.1 Å². The number of aliphatic hydroxyl groups is 1. The van der Waals surface area contributed by atoms with Gasteiger partial charge in [-0.1, -0.05) is 4.99 Å². The lowest BCUT2D eigenvalue weighted by molar-refractivity contribution is -0.545. The molecule has 0 saturated carbocycles. The van der Waals surface area contributed by atoms with Crippen molar-refractivity contribution in [3.05, 3.63) is 48.0 Å². The highest BCUT2D eigenvalue weighted by Crippen LogP contribution is 2.22. The molecule has 0 aromatic heterocycles. The van der Waals surface area contributed by atoms with Gasteiger partial charge in [0, 0.05) is 25.7 Å². The van der Waals surface area contributed by atoms with Crippen molar-refractivity contribution in [1.82, 2.24) is 15.2 Å². The number of fused-ring (bicyclic) bond motifs is 1. The maximum Gasteiger partial charge on any atom is 0.414 e. The molecule has 4 N–H and O–H groups in total. The summed E-state index contributed by atoms with van der Waals surface area (Å²) in [6.45, 7) is -0.153. The molecule has 1 saturated heterocycles. The number of aliphatic hydroxyl groups excluding tert-OH is 1. The van der Waals surface area contributed by atoms with E-state index in [-0.39, 0.29) is 36.4 Å². The number of hydrazone groups is 1. The Morgan fingerprint density at radius 2 is 1.84 bits per heavy atom. The SMILES string of the molecule is COc1ccc(OCC(O)C[N+]2=C(N/N=C/c3ccc(O)cc3O)N=C3C2C(=O)N(C)C(=O)N3C)cc1. The molecule has 0 bridgehead atoms. The summed E-state index contributed by atoms with van der Waals surface area (Å²) in [6.07, 6.45) is 0.258. The van der Waals surface area contributed by atoms with Crippen LogP contribution in [0, 0.1) is 0 Å². The van der Waals surface area contributed by atoms with Gasteiger partial charge in [0.1, 0.15) is 35.7 Å². The first-order valence-electron chi connectivity index (χ1n) is 11.2. The molecule has 37 heavy (non-hydrogen) atoms. The van der Waals surface area contributed by atoms with Crippen LogP contribution in [-0.4, -0.2) is 106 Å². The average Bonchev–Trinajstić information content (AvgIpc) is 3.24. The summed E-state index contributed by atoms with van der Waals surface area (Å²) >= 11 is 0. The fraction of sp³-hybridized carbons (Fsp3) is 0.292. The van der Waals surface area contributed by atoms with Gasteiger partial charge in [0.15, 0.2) is 0 Å². The molecule has 0 aliphatic carbocycles. The second-order valence-corrected chi connectivity index (χ2v) is 8.34. The van der Waals surface area contributed by atoms with Crippen LogP contribution in [0.25, 0.3) is 0 Å². The summed E-state index contributed by atoms with van der Waals surface area (Å²) < 4.78 is 12.3. The van der Waals surface area contributed by atoms with Gasteiger partial charge in [-0.3, -0.25) is 14.6 Å². The number of phenolic OH excluding ortho intramolecular Hbond substituents is 2. The number of likely N-dealkylation sites (N-methyl/N-ethyl adjacent to an activating group) is 2. The van der Waals surface area contributed by atoms with Crippen LogP contribution in [0.5, 0.6) is 23.0 Å². The van der Waals surface area contributed by atoms with E-state index in [2.05, 4.69) is 15.5 Å². The minimum Gasteiger partial charge on any atom is -0.508 e. The third-order valence-corrected chi connectivity index (χ3v) is 5.82.